The number of benzene rings is 3. The van der Waals surface area contributed by atoms with Crippen LogP contribution >= 0.6 is 0 Å². The molecule has 32 heavy (non-hydrogen) atoms. The predicted octanol–water partition coefficient (Wildman–Crippen LogP) is 4.02. The maximum atomic E-state index is 12.5. The molecule has 3 aromatic carbocycles. The number of hydrogen-bond acceptors (Lipinski definition) is 5. The first-order valence-electron chi connectivity index (χ1n) is 10.0. The Balaban J connectivity index is 1.61. The first-order chi connectivity index (χ1) is 15.3. The van der Waals surface area contributed by atoms with Crippen LogP contribution in [-0.2, 0) is 16.6 Å². The van der Waals surface area contributed by atoms with Gasteiger partial charge in [-0.25, -0.2) is 13.1 Å². The molecule has 0 heterocycles. The summed E-state index contributed by atoms with van der Waals surface area (Å²) >= 11 is 0. The van der Waals surface area contributed by atoms with Gasteiger partial charge in [-0.2, -0.15) is 0 Å². The quantitative estimate of drug-likeness (QED) is 0.478. The van der Waals surface area contributed by atoms with Gasteiger partial charge in [0.25, 0.3) is 5.91 Å². The molecule has 0 aliphatic heterocycles. The highest BCUT2D eigenvalue weighted by molar-refractivity contribution is 7.89. The van der Waals surface area contributed by atoms with Gasteiger partial charge in [0.1, 0.15) is 5.75 Å². The van der Waals surface area contributed by atoms with Gasteiger partial charge in [-0.3, -0.25) is 9.59 Å². The molecule has 0 saturated heterocycles. The van der Waals surface area contributed by atoms with Gasteiger partial charge in [0.2, 0.25) is 10.0 Å². The van der Waals surface area contributed by atoms with Crippen LogP contribution in [-0.4, -0.2) is 26.7 Å². The summed E-state index contributed by atoms with van der Waals surface area (Å²) < 4.78 is 32.9. The van der Waals surface area contributed by atoms with E-state index in [0.29, 0.717) is 34.7 Å². The highest BCUT2D eigenvalue weighted by Gasteiger charge is 2.14. The molecule has 3 rings (SSSR count). The molecular formula is C24H24N2O5S. The molecule has 0 aliphatic carbocycles. The minimum absolute atomic E-state index is 0.0646. The first kappa shape index (κ1) is 23.2. The molecule has 0 saturated carbocycles. The molecule has 0 aromatic heterocycles. The highest BCUT2D eigenvalue weighted by Crippen LogP contribution is 2.18. The van der Waals surface area contributed by atoms with Crippen molar-refractivity contribution in [2.45, 2.75) is 25.3 Å². The SMILES string of the molecule is CCOc1cccc(NC(=O)c2ccc(CNS(=O)(=O)c3ccc(C(C)=O)cc3)cc2)c1. The van der Waals surface area contributed by atoms with Crippen molar-refractivity contribution in [3.8, 4) is 5.75 Å². The highest BCUT2D eigenvalue weighted by atomic mass is 32.2. The number of Topliss-reactive ketones (excluding diaryl/α,β-unsaturated/α-hetero) is 1. The summed E-state index contributed by atoms with van der Waals surface area (Å²) in [5, 5.41) is 2.81. The third-order valence-electron chi connectivity index (χ3n) is 4.66. The summed E-state index contributed by atoms with van der Waals surface area (Å²) in [6.07, 6.45) is 0. The molecule has 1 amide bonds. The average Bonchev–Trinajstić information content (AvgIpc) is 2.78. The molecule has 2 N–H and O–H groups in total. The number of amides is 1. The standard InChI is InChI=1S/C24H24N2O5S/c1-3-31-22-6-4-5-21(15-22)26-24(28)20-9-7-18(8-10-20)16-25-32(29,30)23-13-11-19(12-14-23)17(2)27/h4-15,25H,3,16H2,1-2H3,(H,26,28). The van der Waals surface area contributed by atoms with Crippen molar-refractivity contribution < 1.29 is 22.7 Å². The third-order valence-corrected chi connectivity index (χ3v) is 6.07. The first-order valence-corrected chi connectivity index (χ1v) is 11.5. The zero-order valence-electron chi connectivity index (χ0n) is 17.8. The third kappa shape index (κ3) is 6.03. The monoisotopic (exact) mass is 452 g/mol. The van der Waals surface area contributed by atoms with Crippen LogP contribution in [0.5, 0.6) is 5.75 Å². The minimum Gasteiger partial charge on any atom is -0.494 e. The molecule has 0 fully saturated rings. The second kappa shape index (κ2) is 10.2. The van der Waals surface area contributed by atoms with Crippen molar-refractivity contribution in [1.29, 1.82) is 0 Å². The fraction of sp³-hybridized carbons (Fsp3) is 0.167. The number of rotatable bonds is 9. The Bertz CT molecular complexity index is 1200. The normalized spacial score (nSPS) is 11.1. The van der Waals surface area contributed by atoms with Gasteiger partial charge >= 0.3 is 0 Å². The maximum absolute atomic E-state index is 12.5. The van der Waals surface area contributed by atoms with Crippen LogP contribution in [0, 0.1) is 0 Å². The maximum Gasteiger partial charge on any atom is 0.255 e. The number of carbonyl (C=O) groups is 2. The Hall–Kier alpha value is -3.49. The van der Waals surface area contributed by atoms with Gasteiger partial charge in [-0.15, -0.1) is 0 Å². The zero-order valence-corrected chi connectivity index (χ0v) is 18.6. The summed E-state index contributed by atoms with van der Waals surface area (Å²) in [6, 6.07) is 19.5. The van der Waals surface area contributed by atoms with Crippen LogP contribution in [0.25, 0.3) is 0 Å². The van der Waals surface area contributed by atoms with Crippen molar-refractivity contribution >= 4 is 27.4 Å². The summed E-state index contributed by atoms with van der Waals surface area (Å²) in [6.45, 7) is 3.90. The average molecular weight is 453 g/mol. The number of nitrogens with one attached hydrogen (secondary N) is 2. The molecule has 166 valence electrons. The van der Waals surface area contributed by atoms with E-state index < -0.39 is 10.0 Å². The van der Waals surface area contributed by atoms with Crippen LogP contribution < -0.4 is 14.8 Å². The van der Waals surface area contributed by atoms with Crippen molar-refractivity contribution in [3.05, 3.63) is 89.5 Å². The zero-order chi connectivity index (χ0) is 23.1. The molecule has 7 nitrogen and oxygen atoms in total. The van der Waals surface area contributed by atoms with Crippen LogP contribution in [0.2, 0.25) is 0 Å². The van der Waals surface area contributed by atoms with Crippen molar-refractivity contribution in [2.75, 3.05) is 11.9 Å². The predicted molar refractivity (Wildman–Crippen MR) is 122 cm³/mol. The van der Waals surface area contributed by atoms with Gasteiger partial charge in [0.15, 0.2) is 5.78 Å². The molecule has 0 unspecified atom stereocenters. The van der Waals surface area contributed by atoms with E-state index in [1.54, 1.807) is 42.5 Å². The largest absolute Gasteiger partial charge is 0.494 e. The van der Waals surface area contributed by atoms with Gasteiger partial charge in [-0.05, 0) is 55.8 Å². The number of hydrogen-bond donors (Lipinski definition) is 2. The van der Waals surface area contributed by atoms with Gasteiger partial charge in [0, 0.05) is 29.4 Å². The second-order valence-electron chi connectivity index (χ2n) is 7.02. The van der Waals surface area contributed by atoms with Crippen LogP contribution in [0.1, 0.15) is 40.1 Å². The lowest BCUT2D eigenvalue weighted by molar-refractivity contribution is 0.101. The van der Waals surface area contributed by atoms with E-state index in [1.165, 1.54) is 31.2 Å². The smallest absolute Gasteiger partial charge is 0.255 e. The number of ketones is 1. The fourth-order valence-electron chi connectivity index (χ4n) is 2.94. The van der Waals surface area contributed by atoms with E-state index in [1.807, 2.05) is 13.0 Å². The van der Waals surface area contributed by atoms with Crippen molar-refractivity contribution in [3.63, 3.8) is 0 Å². The molecule has 0 atom stereocenters. The number of sulfonamides is 1. The van der Waals surface area contributed by atoms with E-state index in [0.717, 1.165) is 0 Å². The van der Waals surface area contributed by atoms with E-state index in [9.17, 15) is 18.0 Å². The lowest BCUT2D eigenvalue weighted by Crippen LogP contribution is -2.23. The molecule has 8 heteroatoms. The van der Waals surface area contributed by atoms with Crippen LogP contribution in [0.15, 0.2) is 77.7 Å². The summed E-state index contributed by atoms with van der Waals surface area (Å²) in [7, 11) is -3.73. The molecule has 0 radical (unpaired) electrons. The molecular weight excluding hydrogens is 428 g/mol. The summed E-state index contributed by atoms with van der Waals surface area (Å²) in [4.78, 5) is 23.9. The lowest BCUT2D eigenvalue weighted by Gasteiger charge is -2.09. The van der Waals surface area contributed by atoms with Gasteiger partial charge in [-0.1, -0.05) is 30.3 Å². The summed E-state index contributed by atoms with van der Waals surface area (Å²) in [5.41, 5.74) is 2.21. The van der Waals surface area contributed by atoms with E-state index in [4.69, 9.17) is 4.74 Å². The van der Waals surface area contributed by atoms with Crippen molar-refractivity contribution in [1.82, 2.24) is 4.72 Å². The van der Waals surface area contributed by atoms with E-state index >= 15 is 0 Å². The van der Waals surface area contributed by atoms with Crippen LogP contribution in [0.3, 0.4) is 0 Å². The molecule has 0 bridgehead atoms. The topological polar surface area (TPSA) is 102 Å². The van der Waals surface area contributed by atoms with Gasteiger partial charge < -0.3 is 10.1 Å². The summed E-state index contributed by atoms with van der Waals surface area (Å²) in [5.74, 6) is 0.258. The Morgan fingerprint density at radius 3 is 2.19 bits per heavy atom. The Morgan fingerprint density at radius 1 is 0.906 bits per heavy atom. The number of ether oxygens (including phenoxy) is 1. The fourth-order valence-corrected chi connectivity index (χ4v) is 3.96. The molecule has 0 spiro atoms. The lowest BCUT2D eigenvalue weighted by atomic mass is 10.1. The number of anilines is 1. The second-order valence-corrected chi connectivity index (χ2v) is 8.78. The van der Waals surface area contributed by atoms with E-state index in [-0.39, 0.29) is 23.1 Å². The molecule has 3 aromatic rings. The Morgan fingerprint density at radius 2 is 1.56 bits per heavy atom. The Labute approximate surface area is 187 Å². The van der Waals surface area contributed by atoms with Crippen LogP contribution in [0.4, 0.5) is 5.69 Å². The minimum atomic E-state index is -3.73. The Kier molecular flexibility index (Phi) is 7.40. The van der Waals surface area contributed by atoms with Crippen molar-refractivity contribution in [2.24, 2.45) is 0 Å². The van der Waals surface area contributed by atoms with E-state index in [2.05, 4.69) is 10.0 Å². The number of carbonyl (C=O) groups excluding carboxylic acids is 2. The van der Waals surface area contributed by atoms with Gasteiger partial charge in [0.05, 0.1) is 11.5 Å². The molecule has 0 aliphatic rings.